The smallest absolute Gasteiger partial charge is 0.263 e. The van der Waals surface area contributed by atoms with E-state index in [-0.39, 0.29) is 32.9 Å². The summed E-state index contributed by atoms with van der Waals surface area (Å²) < 4.78 is 43.9. The van der Waals surface area contributed by atoms with Crippen LogP contribution in [0.15, 0.2) is 59.9 Å². The third-order valence-electron chi connectivity index (χ3n) is 5.04. The maximum atomic E-state index is 14.5. The lowest BCUT2D eigenvalue weighted by atomic mass is 10.0. The number of carbonyl (C=O) groups excluding carboxylic acids is 1. The normalized spacial score (nSPS) is 11.8. The SMILES string of the molecule is CC(C)n1cc(C(=O)c2ccc(F)c(NS(=O)(=O)c3ccccc3Cl)c2)c2c(N)ncnc21. The van der Waals surface area contributed by atoms with Gasteiger partial charge in [0, 0.05) is 17.8 Å². The van der Waals surface area contributed by atoms with E-state index in [1.54, 1.807) is 16.8 Å². The Balaban J connectivity index is 1.78. The molecule has 0 spiro atoms. The van der Waals surface area contributed by atoms with Crippen LogP contribution in [0.4, 0.5) is 15.9 Å². The summed E-state index contributed by atoms with van der Waals surface area (Å²) in [6, 6.07) is 9.16. The van der Waals surface area contributed by atoms with E-state index in [2.05, 4.69) is 14.7 Å². The van der Waals surface area contributed by atoms with Crippen LogP contribution < -0.4 is 10.5 Å². The number of anilines is 2. The highest BCUT2D eigenvalue weighted by Gasteiger charge is 2.24. The molecular weight excluding hydrogens is 469 g/mol. The van der Waals surface area contributed by atoms with Gasteiger partial charge >= 0.3 is 0 Å². The van der Waals surface area contributed by atoms with Crippen molar-refractivity contribution in [1.29, 1.82) is 0 Å². The number of aromatic nitrogens is 3. The summed E-state index contributed by atoms with van der Waals surface area (Å²) in [5.74, 6) is -1.21. The number of nitrogens with one attached hydrogen (secondary N) is 1. The van der Waals surface area contributed by atoms with Crippen LogP contribution in [0, 0.1) is 5.82 Å². The van der Waals surface area contributed by atoms with Crippen LogP contribution in [0.2, 0.25) is 5.02 Å². The summed E-state index contributed by atoms with van der Waals surface area (Å²) in [6.45, 7) is 3.84. The van der Waals surface area contributed by atoms with E-state index in [1.807, 2.05) is 13.8 Å². The highest BCUT2D eigenvalue weighted by atomic mass is 35.5. The minimum atomic E-state index is -4.20. The predicted molar refractivity (Wildman–Crippen MR) is 124 cm³/mol. The molecule has 4 rings (SSSR count). The number of fused-ring (bicyclic) bond motifs is 1. The average Bonchev–Trinajstić information content (AvgIpc) is 3.16. The van der Waals surface area contributed by atoms with Gasteiger partial charge in [0.05, 0.1) is 21.7 Å². The summed E-state index contributed by atoms with van der Waals surface area (Å²) in [6.07, 6.45) is 2.92. The molecule has 2 heterocycles. The van der Waals surface area contributed by atoms with Crippen LogP contribution in [-0.2, 0) is 10.0 Å². The minimum absolute atomic E-state index is 0.0189. The zero-order valence-electron chi connectivity index (χ0n) is 17.6. The highest BCUT2D eigenvalue weighted by Crippen LogP contribution is 2.30. The molecule has 0 aliphatic carbocycles. The molecule has 4 aromatic rings. The van der Waals surface area contributed by atoms with E-state index in [1.165, 1.54) is 30.6 Å². The van der Waals surface area contributed by atoms with Gasteiger partial charge in [-0.3, -0.25) is 9.52 Å². The molecule has 11 heteroatoms. The Hall–Kier alpha value is -3.50. The van der Waals surface area contributed by atoms with Crippen molar-refractivity contribution in [3.8, 4) is 0 Å². The van der Waals surface area contributed by atoms with E-state index in [0.29, 0.717) is 11.0 Å². The summed E-state index contributed by atoms with van der Waals surface area (Å²) in [5.41, 5.74) is 6.40. The lowest BCUT2D eigenvalue weighted by Gasteiger charge is -2.11. The first-order valence-corrected chi connectivity index (χ1v) is 11.7. The number of rotatable bonds is 6. The number of halogens is 2. The van der Waals surface area contributed by atoms with Crippen molar-refractivity contribution < 1.29 is 17.6 Å². The molecule has 0 unspecified atom stereocenters. The Morgan fingerprint density at radius 2 is 1.91 bits per heavy atom. The number of hydrogen-bond donors (Lipinski definition) is 2. The fourth-order valence-electron chi connectivity index (χ4n) is 3.44. The Labute approximate surface area is 194 Å². The van der Waals surface area contributed by atoms with Gasteiger partial charge in [-0.05, 0) is 44.2 Å². The standard InChI is InChI=1S/C22H19ClFN5O3S/c1-12(2)29-10-14(19-21(25)26-11-27-22(19)29)20(30)13-7-8-16(24)17(9-13)28-33(31,32)18-6-4-3-5-15(18)23/h3-12,28H,1-2H3,(H2,25,26,27). The number of hydrogen-bond acceptors (Lipinski definition) is 6. The van der Waals surface area contributed by atoms with Gasteiger partial charge < -0.3 is 10.3 Å². The van der Waals surface area contributed by atoms with Gasteiger partial charge in [-0.1, -0.05) is 23.7 Å². The van der Waals surface area contributed by atoms with E-state index < -0.39 is 27.3 Å². The molecule has 0 atom stereocenters. The molecule has 170 valence electrons. The second-order valence-corrected chi connectivity index (χ2v) is 9.62. The Morgan fingerprint density at radius 1 is 1.18 bits per heavy atom. The van der Waals surface area contributed by atoms with Gasteiger partial charge in [0.2, 0.25) is 0 Å². The second-order valence-electron chi connectivity index (χ2n) is 7.56. The molecule has 0 saturated carbocycles. The quantitative estimate of drug-likeness (QED) is 0.388. The zero-order chi connectivity index (χ0) is 23.9. The maximum absolute atomic E-state index is 14.5. The number of nitrogens with two attached hydrogens (primary N) is 1. The summed E-state index contributed by atoms with van der Waals surface area (Å²) in [4.78, 5) is 21.4. The predicted octanol–water partition coefficient (Wildman–Crippen LogP) is 4.42. The monoisotopic (exact) mass is 487 g/mol. The lowest BCUT2D eigenvalue weighted by molar-refractivity contribution is 0.104. The lowest BCUT2D eigenvalue weighted by Crippen LogP contribution is -2.15. The van der Waals surface area contributed by atoms with Crippen LogP contribution in [0.5, 0.6) is 0 Å². The van der Waals surface area contributed by atoms with Gasteiger partial charge in [0.1, 0.15) is 28.5 Å². The van der Waals surface area contributed by atoms with Gasteiger partial charge in [0.15, 0.2) is 5.78 Å². The Kier molecular flexibility index (Phi) is 5.81. The first kappa shape index (κ1) is 22.7. The first-order chi connectivity index (χ1) is 15.6. The summed E-state index contributed by atoms with van der Waals surface area (Å²) in [7, 11) is -4.20. The highest BCUT2D eigenvalue weighted by molar-refractivity contribution is 7.92. The number of ketones is 1. The fraction of sp³-hybridized carbons (Fsp3) is 0.136. The molecule has 0 aliphatic heterocycles. The zero-order valence-corrected chi connectivity index (χ0v) is 19.2. The van der Waals surface area contributed by atoms with Crippen molar-refractivity contribution in [2.24, 2.45) is 0 Å². The minimum Gasteiger partial charge on any atom is -0.383 e. The molecule has 0 fully saturated rings. The van der Waals surface area contributed by atoms with Crippen LogP contribution in [0.3, 0.4) is 0 Å². The molecular formula is C22H19ClFN5O3S. The van der Waals surface area contributed by atoms with Crippen molar-refractivity contribution in [3.63, 3.8) is 0 Å². The molecule has 3 N–H and O–H groups in total. The van der Waals surface area contributed by atoms with Crippen LogP contribution in [-0.4, -0.2) is 28.7 Å². The molecule has 8 nitrogen and oxygen atoms in total. The van der Waals surface area contributed by atoms with Crippen molar-refractivity contribution in [1.82, 2.24) is 14.5 Å². The number of carbonyl (C=O) groups is 1. The second kappa shape index (κ2) is 8.45. The van der Waals surface area contributed by atoms with Crippen LogP contribution >= 0.6 is 11.6 Å². The third-order valence-corrected chi connectivity index (χ3v) is 6.90. The molecule has 0 saturated heterocycles. The van der Waals surface area contributed by atoms with Gasteiger partial charge in [-0.15, -0.1) is 0 Å². The summed E-state index contributed by atoms with van der Waals surface area (Å²) in [5, 5.41) is 0.355. The first-order valence-electron chi connectivity index (χ1n) is 9.82. The number of sulfonamides is 1. The van der Waals surface area contributed by atoms with E-state index >= 15 is 0 Å². The van der Waals surface area contributed by atoms with E-state index in [4.69, 9.17) is 17.3 Å². The van der Waals surface area contributed by atoms with E-state index in [0.717, 1.165) is 12.1 Å². The largest absolute Gasteiger partial charge is 0.383 e. The van der Waals surface area contributed by atoms with Crippen molar-refractivity contribution in [3.05, 3.63) is 77.0 Å². The van der Waals surface area contributed by atoms with Gasteiger partial charge in [0.25, 0.3) is 10.0 Å². The van der Waals surface area contributed by atoms with Crippen molar-refractivity contribution in [2.45, 2.75) is 24.8 Å². The third kappa shape index (κ3) is 4.14. The van der Waals surface area contributed by atoms with Gasteiger partial charge in [-0.25, -0.2) is 22.8 Å². The molecule has 2 aromatic heterocycles. The van der Waals surface area contributed by atoms with Crippen molar-refractivity contribution in [2.75, 3.05) is 10.5 Å². The Morgan fingerprint density at radius 3 is 2.61 bits per heavy atom. The van der Waals surface area contributed by atoms with Crippen LogP contribution in [0.1, 0.15) is 35.8 Å². The molecule has 2 aromatic carbocycles. The molecule has 33 heavy (non-hydrogen) atoms. The summed E-state index contributed by atoms with van der Waals surface area (Å²) >= 11 is 5.98. The molecule has 0 bridgehead atoms. The molecule has 0 radical (unpaired) electrons. The number of nitrogens with zero attached hydrogens (tertiary/aromatic N) is 3. The van der Waals surface area contributed by atoms with Crippen LogP contribution in [0.25, 0.3) is 11.0 Å². The average molecular weight is 488 g/mol. The molecule has 0 amide bonds. The topological polar surface area (TPSA) is 120 Å². The number of benzene rings is 2. The maximum Gasteiger partial charge on any atom is 0.263 e. The van der Waals surface area contributed by atoms with Crippen molar-refractivity contribution >= 4 is 49.9 Å². The molecule has 0 aliphatic rings. The Bertz CT molecular complexity index is 1500. The fourth-order valence-corrected chi connectivity index (χ4v) is 5.02. The number of nitrogen functional groups attached to an aromatic ring is 1. The van der Waals surface area contributed by atoms with Gasteiger partial charge in [-0.2, -0.15) is 0 Å². The van der Waals surface area contributed by atoms with E-state index in [9.17, 15) is 17.6 Å².